The largest absolute Gasteiger partial charge is 0.336 e. The van der Waals surface area contributed by atoms with E-state index in [0.717, 1.165) is 44.5 Å². The summed E-state index contributed by atoms with van der Waals surface area (Å²) < 4.78 is 3.58. The topological polar surface area (TPSA) is 68.8 Å². The number of para-hydroxylation sites is 1. The van der Waals surface area contributed by atoms with Gasteiger partial charge in [-0.1, -0.05) is 12.1 Å². The molecule has 0 bridgehead atoms. The molecule has 0 aliphatic carbocycles. The molecule has 2 aromatic heterocycles. The van der Waals surface area contributed by atoms with Crippen LogP contribution in [0.2, 0.25) is 0 Å². The molecule has 0 unspecified atom stereocenters. The Morgan fingerprint density at radius 1 is 1.15 bits per heavy atom. The molecule has 1 aliphatic rings. The van der Waals surface area contributed by atoms with Crippen molar-refractivity contribution in [2.75, 3.05) is 6.54 Å². The van der Waals surface area contributed by atoms with Gasteiger partial charge in [-0.25, -0.2) is 9.67 Å². The van der Waals surface area contributed by atoms with Crippen LogP contribution in [0.25, 0.3) is 5.69 Å². The van der Waals surface area contributed by atoms with Crippen LogP contribution >= 0.6 is 0 Å². The molecule has 1 atom stereocenters. The highest BCUT2D eigenvalue weighted by atomic mass is 16.2. The summed E-state index contributed by atoms with van der Waals surface area (Å²) in [7, 11) is 0. The van der Waals surface area contributed by atoms with E-state index in [2.05, 4.69) is 15.2 Å². The Kier molecular flexibility index (Phi) is 4.77. The van der Waals surface area contributed by atoms with Crippen molar-refractivity contribution in [1.82, 2.24) is 29.4 Å². The molecule has 1 aliphatic heterocycles. The second-order valence-corrected chi connectivity index (χ2v) is 6.56. The van der Waals surface area contributed by atoms with Crippen LogP contribution in [0, 0.1) is 0 Å². The van der Waals surface area contributed by atoms with Crippen LogP contribution in [0.15, 0.2) is 55.4 Å². The molecule has 0 radical (unpaired) electrons. The van der Waals surface area contributed by atoms with Gasteiger partial charge in [0.1, 0.15) is 12.7 Å². The summed E-state index contributed by atoms with van der Waals surface area (Å²) in [6.45, 7) is 1.63. The lowest BCUT2D eigenvalue weighted by Crippen LogP contribution is -2.44. The number of amides is 1. The molecule has 134 valence electrons. The highest BCUT2D eigenvalue weighted by molar-refractivity contribution is 5.98. The molecule has 3 aromatic rings. The molecule has 0 spiro atoms. The van der Waals surface area contributed by atoms with Crippen molar-refractivity contribution >= 4 is 5.91 Å². The van der Waals surface area contributed by atoms with Crippen molar-refractivity contribution in [3.63, 3.8) is 0 Å². The van der Waals surface area contributed by atoms with E-state index in [0.29, 0.717) is 5.56 Å². The van der Waals surface area contributed by atoms with Gasteiger partial charge in [0.15, 0.2) is 0 Å². The molecule has 1 amide bonds. The summed E-state index contributed by atoms with van der Waals surface area (Å²) >= 11 is 0. The average molecular weight is 350 g/mol. The van der Waals surface area contributed by atoms with E-state index in [4.69, 9.17) is 0 Å². The van der Waals surface area contributed by atoms with E-state index < -0.39 is 0 Å². The second kappa shape index (κ2) is 7.51. The van der Waals surface area contributed by atoms with E-state index in [1.807, 2.05) is 46.1 Å². The molecular weight excluding hydrogens is 328 g/mol. The molecule has 0 saturated carbocycles. The van der Waals surface area contributed by atoms with Crippen LogP contribution in [-0.4, -0.2) is 47.9 Å². The van der Waals surface area contributed by atoms with E-state index >= 15 is 0 Å². The standard InChI is InChI=1S/C19H22N6O/c26-19(17-7-1-2-8-18(17)25-15-20-14-22-25)24-12-4-3-6-16(24)9-13-23-11-5-10-21-23/h1-2,5,7-8,10-11,14-16H,3-4,6,9,12-13H2/t16-/m0/s1. The molecule has 7 heteroatoms. The lowest BCUT2D eigenvalue weighted by atomic mass is 9.97. The summed E-state index contributed by atoms with van der Waals surface area (Å²) in [6.07, 6.45) is 11.0. The summed E-state index contributed by atoms with van der Waals surface area (Å²) in [5.74, 6) is 0.0706. The lowest BCUT2D eigenvalue weighted by molar-refractivity contribution is 0.0594. The van der Waals surface area contributed by atoms with Crippen LogP contribution in [-0.2, 0) is 6.54 Å². The fourth-order valence-corrected chi connectivity index (χ4v) is 3.62. The molecule has 1 fully saturated rings. The molecule has 1 aromatic carbocycles. The Hall–Kier alpha value is -2.96. The maximum absolute atomic E-state index is 13.3. The highest BCUT2D eigenvalue weighted by Gasteiger charge is 2.28. The fraction of sp³-hybridized carbons (Fsp3) is 0.368. The number of likely N-dealkylation sites (tertiary alicyclic amines) is 1. The Balaban J connectivity index is 1.56. The maximum Gasteiger partial charge on any atom is 0.256 e. The smallest absolute Gasteiger partial charge is 0.256 e. The molecule has 0 N–H and O–H groups in total. The summed E-state index contributed by atoms with van der Waals surface area (Å²) in [5.41, 5.74) is 1.44. The van der Waals surface area contributed by atoms with Gasteiger partial charge in [-0.2, -0.15) is 10.2 Å². The number of nitrogens with zero attached hydrogens (tertiary/aromatic N) is 6. The summed E-state index contributed by atoms with van der Waals surface area (Å²) in [6, 6.07) is 9.76. The van der Waals surface area contributed by atoms with Crippen molar-refractivity contribution < 1.29 is 4.79 Å². The number of carbonyl (C=O) groups excluding carboxylic acids is 1. The van der Waals surface area contributed by atoms with Crippen LogP contribution in [0.4, 0.5) is 0 Å². The van der Waals surface area contributed by atoms with Crippen molar-refractivity contribution in [1.29, 1.82) is 0 Å². The van der Waals surface area contributed by atoms with Gasteiger partial charge in [0.2, 0.25) is 0 Å². The number of carbonyl (C=O) groups is 1. The zero-order valence-electron chi connectivity index (χ0n) is 14.6. The SMILES string of the molecule is O=C(c1ccccc1-n1cncn1)N1CCCC[C@H]1CCn1cccn1. The van der Waals surface area contributed by atoms with Crippen molar-refractivity contribution in [2.45, 2.75) is 38.3 Å². The van der Waals surface area contributed by atoms with Gasteiger partial charge in [0, 0.05) is 31.5 Å². The van der Waals surface area contributed by atoms with Crippen molar-refractivity contribution in [3.05, 3.63) is 60.9 Å². The highest BCUT2D eigenvalue weighted by Crippen LogP contribution is 2.24. The summed E-state index contributed by atoms with van der Waals surface area (Å²) in [5, 5.41) is 8.46. The molecule has 1 saturated heterocycles. The van der Waals surface area contributed by atoms with Gasteiger partial charge in [0.25, 0.3) is 5.91 Å². The predicted octanol–water partition coefficient (Wildman–Crippen LogP) is 2.55. The van der Waals surface area contributed by atoms with E-state index in [1.54, 1.807) is 17.2 Å². The first-order valence-electron chi connectivity index (χ1n) is 9.05. The van der Waals surface area contributed by atoms with Crippen molar-refractivity contribution in [2.24, 2.45) is 0 Å². The monoisotopic (exact) mass is 350 g/mol. The second-order valence-electron chi connectivity index (χ2n) is 6.56. The lowest BCUT2D eigenvalue weighted by Gasteiger charge is -2.36. The number of aryl methyl sites for hydroxylation is 1. The minimum Gasteiger partial charge on any atom is -0.336 e. The predicted molar refractivity (Wildman–Crippen MR) is 96.9 cm³/mol. The normalized spacial score (nSPS) is 17.4. The number of hydrogen-bond donors (Lipinski definition) is 0. The third-order valence-corrected chi connectivity index (χ3v) is 4.94. The Morgan fingerprint density at radius 3 is 2.88 bits per heavy atom. The molecule has 3 heterocycles. The summed E-state index contributed by atoms with van der Waals surface area (Å²) in [4.78, 5) is 19.4. The Labute approximate surface area is 152 Å². The Morgan fingerprint density at radius 2 is 2.08 bits per heavy atom. The number of piperidine rings is 1. The molecule has 7 nitrogen and oxygen atoms in total. The number of benzene rings is 1. The van der Waals surface area contributed by atoms with Gasteiger partial charge in [-0.15, -0.1) is 0 Å². The molecule has 4 rings (SSSR count). The Bertz CT molecular complexity index is 843. The first kappa shape index (κ1) is 16.5. The molecule has 26 heavy (non-hydrogen) atoms. The molecular formula is C19H22N6O. The fourth-order valence-electron chi connectivity index (χ4n) is 3.62. The minimum absolute atomic E-state index is 0.0706. The minimum atomic E-state index is 0.0706. The van der Waals surface area contributed by atoms with E-state index in [9.17, 15) is 4.79 Å². The van der Waals surface area contributed by atoms with Crippen LogP contribution in [0.3, 0.4) is 0 Å². The van der Waals surface area contributed by atoms with Gasteiger partial charge in [-0.3, -0.25) is 9.48 Å². The first-order chi connectivity index (χ1) is 12.8. The average Bonchev–Trinajstić information content (AvgIpc) is 3.40. The third-order valence-electron chi connectivity index (χ3n) is 4.94. The first-order valence-corrected chi connectivity index (χ1v) is 9.05. The number of aromatic nitrogens is 5. The van der Waals surface area contributed by atoms with Crippen LogP contribution < -0.4 is 0 Å². The van der Waals surface area contributed by atoms with Gasteiger partial charge < -0.3 is 4.90 Å². The number of rotatable bonds is 5. The third kappa shape index (κ3) is 3.37. The van der Waals surface area contributed by atoms with Gasteiger partial charge in [0.05, 0.1) is 11.3 Å². The quantitative estimate of drug-likeness (QED) is 0.709. The van der Waals surface area contributed by atoms with Gasteiger partial charge in [-0.05, 0) is 43.9 Å². The van der Waals surface area contributed by atoms with Crippen LogP contribution in [0.1, 0.15) is 36.0 Å². The van der Waals surface area contributed by atoms with E-state index in [1.165, 1.54) is 6.33 Å². The number of hydrogen-bond acceptors (Lipinski definition) is 4. The zero-order chi connectivity index (χ0) is 17.8. The van der Waals surface area contributed by atoms with Crippen molar-refractivity contribution in [3.8, 4) is 5.69 Å². The van der Waals surface area contributed by atoms with Gasteiger partial charge >= 0.3 is 0 Å². The van der Waals surface area contributed by atoms with Crippen LogP contribution in [0.5, 0.6) is 0 Å². The maximum atomic E-state index is 13.3. The zero-order valence-corrected chi connectivity index (χ0v) is 14.6. The van der Waals surface area contributed by atoms with E-state index in [-0.39, 0.29) is 11.9 Å².